The average molecular weight is 312 g/mol. The minimum absolute atomic E-state index is 0.776. The fourth-order valence-corrected chi connectivity index (χ4v) is 2.97. The van der Waals surface area contributed by atoms with Gasteiger partial charge in [0, 0.05) is 32.2 Å². The molecule has 0 saturated carbocycles. The number of rotatable bonds is 9. The summed E-state index contributed by atoms with van der Waals surface area (Å²) in [5.74, 6) is 0.956. The van der Waals surface area contributed by atoms with Gasteiger partial charge in [-0.3, -0.25) is 9.89 Å². The highest BCUT2D eigenvalue weighted by atomic mass is 15.2. The number of nitrogens with one attached hydrogen (secondary N) is 2. The Labute approximate surface area is 137 Å². The molecule has 1 aliphatic rings. The molecule has 0 aromatic carbocycles. The molecule has 130 valence electrons. The van der Waals surface area contributed by atoms with Crippen molar-refractivity contribution in [2.24, 2.45) is 4.99 Å². The smallest absolute Gasteiger partial charge is 0.191 e. The molecule has 0 radical (unpaired) electrons. The maximum Gasteiger partial charge on any atom is 0.191 e. The molecule has 22 heavy (non-hydrogen) atoms. The molecule has 0 spiro atoms. The standard InChI is InChI=1S/C17H37N5/c1-5-16-10-8-9-13-22(16)15-12-20-17(18-6-2)19-11-14-21(4)7-3/h16H,5-15H2,1-4H3,(H2,18,19,20). The van der Waals surface area contributed by atoms with Crippen LogP contribution in [-0.2, 0) is 0 Å². The second kappa shape index (κ2) is 11.7. The molecule has 1 unspecified atom stereocenters. The van der Waals surface area contributed by atoms with Crippen molar-refractivity contribution in [2.45, 2.75) is 52.5 Å². The van der Waals surface area contributed by atoms with Crippen LogP contribution in [0.1, 0.15) is 46.5 Å². The molecule has 1 aliphatic heterocycles. The van der Waals surface area contributed by atoms with Crippen molar-refractivity contribution in [3.05, 3.63) is 0 Å². The van der Waals surface area contributed by atoms with Gasteiger partial charge in [-0.05, 0) is 46.3 Å². The lowest BCUT2D eigenvalue weighted by atomic mass is 10.0. The van der Waals surface area contributed by atoms with Crippen LogP contribution < -0.4 is 10.6 Å². The van der Waals surface area contributed by atoms with E-state index in [1.807, 2.05) is 0 Å². The fraction of sp³-hybridized carbons (Fsp3) is 0.941. The number of nitrogens with zero attached hydrogens (tertiary/aromatic N) is 3. The Balaban J connectivity index is 2.34. The summed E-state index contributed by atoms with van der Waals surface area (Å²) < 4.78 is 0. The maximum absolute atomic E-state index is 4.73. The molecule has 5 heteroatoms. The summed E-state index contributed by atoms with van der Waals surface area (Å²) in [4.78, 5) is 9.66. The number of hydrogen-bond acceptors (Lipinski definition) is 3. The van der Waals surface area contributed by atoms with Gasteiger partial charge in [0.25, 0.3) is 0 Å². The van der Waals surface area contributed by atoms with E-state index in [1.54, 1.807) is 0 Å². The van der Waals surface area contributed by atoms with Gasteiger partial charge in [0.05, 0.1) is 6.54 Å². The lowest BCUT2D eigenvalue weighted by Gasteiger charge is -2.34. The van der Waals surface area contributed by atoms with Crippen LogP contribution in [0.2, 0.25) is 0 Å². The van der Waals surface area contributed by atoms with Crippen LogP contribution in [0.15, 0.2) is 4.99 Å². The van der Waals surface area contributed by atoms with E-state index >= 15 is 0 Å². The number of aliphatic imine (C=N–C) groups is 1. The average Bonchev–Trinajstić information content (AvgIpc) is 2.55. The van der Waals surface area contributed by atoms with E-state index in [9.17, 15) is 0 Å². The van der Waals surface area contributed by atoms with Crippen LogP contribution in [0.4, 0.5) is 0 Å². The number of likely N-dealkylation sites (N-methyl/N-ethyl adjacent to an activating group) is 1. The van der Waals surface area contributed by atoms with E-state index in [-0.39, 0.29) is 0 Å². The first-order valence-electron chi connectivity index (χ1n) is 9.16. The molecule has 0 aromatic rings. The Morgan fingerprint density at radius 2 is 2.05 bits per heavy atom. The lowest BCUT2D eigenvalue weighted by molar-refractivity contribution is 0.148. The molecule has 1 saturated heterocycles. The van der Waals surface area contributed by atoms with Gasteiger partial charge in [-0.15, -0.1) is 0 Å². The van der Waals surface area contributed by atoms with E-state index in [0.717, 1.165) is 51.3 Å². The maximum atomic E-state index is 4.73. The van der Waals surface area contributed by atoms with Crippen molar-refractivity contribution in [3.8, 4) is 0 Å². The molecule has 0 amide bonds. The Morgan fingerprint density at radius 3 is 2.73 bits per heavy atom. The summed E-state index contributed by atoms with van der Waals surface area (Å²) in [6, 6.07) is 0.776. The highest BCUT2D eigenvalue weighted by molar-refractivity contribution is 5.79. The summed E-state index contributed by atoms with van der Waals surface area (Å²) in [6.07, 6.45) is 5.38. The number of likely N-dealkylation sites (tertiary alicyclic amines) is 1. The molecule has 1 fully saturated rings. The van der Waals surface area contributed by atoms with E-state index in [1.165, 1.54) is 32.2 Å². The van der Waals surface area contributed by atoms with Crippen LogP contribution in [0.25, 0.3) is 0 Å². The quantitative estimate of drug-likeness (QED) is 0.503. The normalized spacial score (nSPS) is 20.4. The Hall–Kier alpha value is -0.810. The second-order valence-electron chi connectivity index (χ2n) is 6.18. The third-order valence-corrected chi connectivity index (χ3v) is 4.55. The van der Waals surface area contributed by atoms with Gasteiger partial charge >= 0.3 is 0 Å². The third-order valence-electron chi connectivity index (χ3n) is 4.55. The Morgan fingerprint density at radius 1 is 1.23 bits per heavy atom. The van der Waals surface area contributed by atoms with Gasteiger partial charge in [-0.1, -0.05) is 20.3 Å². The molecule has 0 aromatic heterocycles. The fourth-order valence-electron chi connectivity index (χ4n) is 2.97. The first kappa shape index (κ1) is 19.2. The van der Waals surface area contributed by atoms with E-state index in [2.05, 4.69) is 48.3 Å². The zero-order valence-electron chi connectivity index (χ0n) is 15.2. The van der Waals surface area contributed by atoms with Gasteiger partial charge < -0.3 is 15.5 Å². The lowest BCUT2D eigenvalue weighted by Crippen LogP contribution is -2.43. The largest absolute Gasteiger partial charge is 0.357 e. The first-order valence-corrected chi connectivity index (χ1v) is 9.16. The van der Waals surface area contributed by atoms with Crippen molar-refractivity contribution >= 4 is 5.96 Å². The molecule has 0 bridgehead atoms. The van der Waals surface area contributed by atoms with E-state index in [0.29, 0.717) is 0 Å². The van der Waals surface area contributed by atoms with Crippen LogP contribution in [0.3, 0.4) is 0 Å². The molecule has 0 aliphatic carbocycles. The van der Waals surface area contributed by atoms with Crippen LogP contribution >= 0.6 is 0 Å². The number of guanidine groups is 1. The molecule has 1 heterocycles. The first-order chi connectivity index (χ1) is 10.7. The van der Waals surface area contributed by atoms with Crippen molar-refractivity contribution in [2.75, 3.05) is 52.9 Å². The highest BCUT2D eigenvalue weighted by Crippen LogP contribution is 2.18. The predicted octanol–water partition coefficient (Wildman–Crippen LogP) is 1.76. The SMILES string of the molecule is CCNC(=NCCN1CCCCC1CC)NCCN(C)CC. The van der Waals surface area contributed by atoms with Crippen molar-refractivity contribution < 1.29 is 0 Å². The summed E-state index contributed by atoms with van der Waals surface area (Å²) in [6.45, 7) is 13.8. The zero-order chi connectivity index (χ0) is 16.2. The van der Waals surface area contributed by atoms with E-state index in [4.69, 9.17) is 4.99 Å². The third kappa shape index (κ3) is 7.45. The van der Waals surface area contributed by atoms with Crippen LogP contribution in [0.5, 0.6) is 0 Å². The molecular formula is C17H37N5. The van der Waals surface area contributed by atoms with Crippen molar-refractivity contribution in [1.82, 2.24) is 20.4 Å². The van der Waals surface area contributed by atoms with Gasteiger partial charge in [0.2, 0.25) is 0 Å². The zero-order valence-corrected chi connectivity index (χ0v) is 15.2. The molecule has 2 N–H and O–H groups in total. The number of piperidine rings is 1. The summed E-state index contributed by atoms with van der Waals surface area (Å²) in [7, 11) is 2.15. The topological polar surface area (TPSA) is 42.9 Å². The Kier molecular flexibility index (Phi) is 10.2. The van der Waals surface area contributed by atoms with Crippen molar-refractivity contribution in [3.63, 3.8) is 0 Å². The van der Waals surface area contributed by atoms with Crippen LogP contribution in [-0.4, -0.2) is 74.7 Å². The van der Waals surface area contributed by atoms with Crippen LogP contribution in [0, 0.1) is 0 Å². The highest BCUT2D eigenvalue weighted by Gasteiger charge is 2.19. The monoisotopic (exact) mass is 311 g/mol. The predicted molar refractivity (Wildman–Crippen MR) is 96.7 cm³/mol. The van der Waals surface area contributed by atoms with Gasteiger partial charge in [-0.25, -0.2) is 0 Å². The summed E-state index contributed by atoms with van der Waals surface area (Å²) >= 11 is 0. The molecule has 1 rings (SSSR count). The second-order valence-corrected chi connectivity index (χ2v) is 6.18. The minimum atomic E-state index is 0.776. The number of hydrogen-bond donors (Lipinski definition) is 2. The molecular weight excluding hydrogens is 274 g/mol. The van der Waals surface area contributed by atoms with Gasteiger partial charge in [0.1, 0.15) is 0 Å². The summed E-state index contributed by atoms with van der Waals surface area (Å²) in [5, 5.41) is 6.77. The molecule has 5 nitrogen and oxygen atoms in total. The van der Waals surface area contributed by atoms with E-state index < -0.39 is 0 Å². The molecule has 1 atom stereocenters. The summed E-state index contributed by atoms with van der Waals surface area (Å²) in [5.41, 5.74) is 0. The minimum Gasteiger partial charge on any atom is -0.357 e. The van der Waals surface area contributed by atoms with Gasteiger partial charge in [-0.2, -0.15) is 0 Å². The van der Waals surface area contributed by atoms with Crippen molar-refractivity contribution in [1.29, 1.82) is 0 Å². The van der Waals surface area contributed by atoms with Gasteiger partial charge in [0.15, 0.2) is 5.96 Å². The Bertz CT molecular complexity index is 305.